The highest BCUT2D eigenvalue weighted by atomic mass is 16.5. The highest BCUT2D eigenvalue weighted by Crippen LogP contribution is 2.36. The zero-order chi connectivity index (χ0) is 23.3. The SMILES string of the molecule is COc1ccc(CN2CCC[C@](Cc3cccc(-c4ccncc4)c3)(C(N)=O)C2)cc1OC. The van der Waals surface area contributed by atoms with Gasteiger partial charge >= 0.3 is 0 Å². The molecular weight excluding hydrogens is 414 g/mol. The number of nitrogens with two attached hydrogens (primary N) is 1. The molecule has 1 aromatic heterocycles. The summed E-state index contributed by atoms with van der Waals surface area (Å²) in [4.78, 5) is 19.2. The van der Waals surface area contributed by atoms with Gasteiger partial charge in [-0.3, -0.25) is 14.7 Å². The number of aromatic nitrogens is 1. The fourth-order valence-corrected chi connectivity index (χ4v) is 4.83. The Morgan fingerprint density at radius 3 is 2.52 bits per heavy atom. The van der Waals surface area contributed by atoms with E-state index in [-0.39, 0.29) is 5.91 Å². The third kappa shape index (κ3) is 5.17. The van der Waals surface area contributed by atoms with E-state index in [9.17, 15) is 4.79 Å². The summed E-state index contributed by atoms with van der Waals surface area (Å²) in [5.41, 5.74) is 9.90. The molecular formula is C27H31N3O3. The lowest BCUT2D eigenvalue weighted by molar-refractivity contribution is -0.131. The molecule has 1 aliphatic rings. The van der Waals surface area contributed by atoms with Crippen LogP contribution in [0.25, 0.3) is 11.1 Å². The number of carbonyl (C=O) groups is 1. The number of primary amides is 1. The summed E-state index contributed by atoms with van der Waals surface area (Å²) >= 11 is 0. The Morgan fingerprint density at radius 2 is 1.79 bits per heavy atom. The molecule has 1 fully saturated rings. The van der Waals surface area contributed by atoms with Gasteiger partial charge in [0, 0.05) is 25.5 Å². The van der Waals surface area contributed by atoms with Crippen molar-refractivity contribution in [1.29, 1.82) is 0 Å². The average molecular weight is 446 g/mol. The Morgan fingerprint density at radius 1 is 1.00 bits per heavy atom. The van der Waals surface area contributed by atoms with Crippen LogP contribution in [0.3, 0.4) is 0 Å². The van der Waals surface area contributed by atoms with Crippen molar-refractivity contribution in [3.63, 3.8) is 0 Å². The molecule has 2 N–H and O–H groups in total. The van der Waals surface area contributed by atoms with Crippen molar-refractivity contribution >= 4 is 5.91 Å². The average Bonchev–Trinajstić information content (AvgIpc) is 2.85. The first-order valence-corrected chi connectivity index (χ1v) is 11.3. The van der Waals surface area contributed by atoms with E-state index >= 15 is 0 Å². The fraction of sp³-hybridized carbons (Fsp3) is 0.333. The van der Waals surface area contributed by atoms with E-state index < -0.39 is 5.41 Å². The molecule has 1 saturated heterocycles. The van der Waals surface area contributed by atoms with Crippen molar-refractivity contribution in [2.24, 2.45) is 11.1 Å². The van der Waals surface area contributed by atoms with E-state index in [1.165, 1.54) is 0 Å². The van der Waals surface area contributed by atoms with Crippen LogP contribution in [0, 0.1) is 5.41 Å². The van der Waals surface area contributed by atoms with Crippen molar-refractivity contribution in [3.8, 4) is 22.6 Å². The van der Waals surface area contributed by atoms with Gasteiger partial charge in [0.15, 0.2) is 11.5 Å². The first kappa shape index (κ1) is 22.8. The molecule has 1 atom stereocenters. The number of carbonyl (C=O) groups excluding carboxylic acids is 1. The summed E-state index contributed by atoms with van der Waals surface area (Å²) in [5, 5.41) is 0. The number of hydrogen-bond donors (Lipinski definition) is 1. The summed E-state index contributed by atoms with van der Waals surface area (Å²) < 4.78 is 10.8. The largest absolute Gasteiger partial charge is 0.493 e. The van der Waals surface area contributed by atoms with Crippen LogP contribution in [0.5, 0.6) is 11.5 Å². The Labute approximate surface area is 195 Å². The van der Waals surface area contributed by atoms with Gasteiger partial charge < -0.3 is 15.2 Å². The molecule has 172 valence electrons. The van der Waals surface area contributed by atoms with E-state index in [4.69, 9.17) is 15.2 Å². The van der Waals surface area contributed by atoms with Crippen molar-refractivity contribution in [3.05, 3.63) is 78.1 Å². The number of ether oxygens (including phenoxy) is 2. The van der Waals surface area contributed by atoms with Crippen LogP contribution in [-0.4, -0.2) is 43.1 Å². The second-order valence-electron chi connectivity index (χ2n) is 8.76. The first-order chi connectivity index (χ1) is 16.0. The maximum atomic E-state index is 12.8. The maximum absolute atomic E-state index is 12.8. The molecule has 1 aliphatic heterocycles. The molecule has 2 aromatic carbocycles. The fourth-order valence-electron chi connectivity index (χ4n) is 4.83. The quantitative estimate of drug-likeness (QED) is 0.565. The number of pyridine rings is 1. The van der Waals surface area contributed by atoms with Gasteiger partial charge in [-0.25, -0.2) is 0 Å². The Hall–Kier alpha value is -3.38. The molecule has 0 bridgehead atoms. The predicted octanol–water partition coefficient (Wildman–Crippen LogP) is 4.08. The predicted molar refractivity (Wildman–Crippen MR) is 129 cm³/mol. The lowest BCUT2D eigenvalue weighted by atomic mass is 9.74. The Balaban J connectivity index is 1.53. The molecule has 0 spiro atoms. The van der Waals surface area contributed by atoms with Crippen molar-refractivity contribution < 1.29 is 14.3 Å². The third-order valence-corrected chi connectivity index (χ3v) is 6.52. The number of amides is 1. The number of likely N-dealkylation sites (tertiary alicyclic amines) is 1. The number of nitrogens with zero attached hydrogens (tertiary/aromatic N) is 2. The van der Waals surface area contributed by atoms with Gasteiger partial charge in [0.05, 0.1) is 19.6 Å². The van der Waals surface area contributed by atoms with Gasteiger partial charge in [-0.05, 0) is 72.3 Å². The molecule has 0 saturated carbocycles. The smallest absolute Gasteiger partial charge is 0.225 e. The van der Waals surface area contributed by atoms with Crippen LogP contribution in [0.15, 0.2) is 67.0 Å². The van der Waals surface area contributed by atoms with Crippen LogP contribution in [0.1, 0.15) is 24.0 Å². The highest BCUT2D eigenvalue weighted by Gasteiger charge is 2.40. The molecule has 2 heterocycles. The van der Waals surface area contributed by atoms with E-state index in [0.717, 1.165) is 48.2 Å². The lowest BCUT2D eigenvalue weighted by Crippen LogP contribution is -2.51. The van der Waals surface area contributed by atoms with Gasteiger partial charge in [-0.15, -0.1) is 0 Å². The summed E-state index contributed by atoms with van der Waals surface area (Å²) in [6.07, 6.45) is 5.94. The van der Waals surface area contributed by atoms with Gasteiger partial charge in [0.25, 0.3) is 0 Å². The molecule has 4 rings (SSSR count). The monoisotopic (exact) mass is 445 g/mol. The topological polar surface area (TPSA) is 77.7 Å². The number of benzene rings is 2. The molecule has 6 nitrogen and oxygen atoms in total. The summed E-state index contributed by atoms with van der Waals surface area (Å²) in [5.74, 6) is 1.19. The number of hydrogen-bond acceptors (Lipinski definition) is 5. The van der Waals surface area contributed by atoms with E-state index in [1.807, 2.05) is 36.4 Å². The molecule has 6 heteroatoms. The van der Waals surface area contributed by atoms with Gasteiger partial charge in [-0.1, -0.05) is 30.3 Å². The van der Waals surface area contributed by atoms with E-state index in [1.54, 1.807) is 26.6 Å². The normalized spacial score (nSPS) is 18.6. The van der Waals surface area contributed by atoms with Crippen molar-refractivity contribution in [1.82, 2.24) is 9.88 Å². The minimum absolute atomic E-state index is 0.228. The molecule has 33 heavy (non-hydrogen) atoms. The first-order valence-electron chi connectivity index (χ1n) is 11.3. The minimum Gasteiger partial charge on any atom is -0.493 e. The molecule has 0 radical (unpaired) electrons. The Bertz CT molecular complexity index is 1100. The Kier molecular flexibility index (Phi) is 6.94. The maximum Gasteiger partial charge on any atom is 0.225 e. The summed E-state index contributed by atoms with van der Waals surface area (Å²) in [6.45, 7) is 2.29. The molecule has 1 amide bonds. The second kappa shape index (κ2) is 10.0. The van der Waals surface area contributed by atoms with Gasteiger partial charge in [0.2, 0.25) is 5.91 Å². The zero-order valence-corrected chi connectivity index (χ0v) is 19.3. The van der Waals surface area contributed by atoms with Crippen molar-refractivity contribution in [2.75, 3.05) is 27.3 Å². The van der Waals surface area contributed by atoms with Crippen LogP contribution >= 0.6 is 0 Å². The third-order valence-electron chi connectivity index (χ3n) is 6.52. The van der Waals surface area contributed by atoms with Crippen LogP contribution in [0.2, 0.25) is 0 Å². The number of methoxy groups -OCH3 is 2. The summed E-state index contributed by atoms with van der Waals surface area (Å²) in [6, 6.07) is 18.3. The lowest BCUT2D eigenvalue weighted by Gasteiger charge is -2.41. The van der Waals surface area contributed by atoms with Crippen molar-refractivity contribution in [2.45, 2.75) is 25.8 Å². The summed E-state index contributed by atoms with van der Waals surface area (Å²) in [7, 11) is 3.27. The standard InChI is InChI=1S/C27H31N3O3/c1-32-24-8-7-21(16-25(24)33-2)18-30-14-4-11-27(19-30,26(28)31)17-20-5-3-6-23(15-20)22-9-12-29-13-10-22/h3,5-10,12-13,15-16H,4,11,14,17-19H2,1-2H3,(H2,28,31)/t27-/m1/s1. The van der Waals surface area contributed by atoms with Crippen LogP contribution in [0.4, 0.5) is 0 Å². The number of piperidine rings is 1. The van der Waals surface area contributed by atoms with Crippen LogP contribution < -0.4 is 15.2 Å². The van der Waals surface area contributed by atoms with E-state index in [0.29, 0.717) is 24.5 Å². The van der Waals surface area contributed by atoms with Gasteiger partial charge in [0.1, 0.15) is 0 Å². The number of rotatable bonds is 8. The molecule has 0 unspecified atom stereocenters. The second-order valence-corrected chi connectivity index (χ2v) is 8.76. The zero-order valence-electron chi connectivity index (χ0n) is 19.3. The highest BCUT2D eigenvalue weighted by molar-refractivity contribution is 5.81. The van der Waals surface area contributed by atoms with E-state index in [2.05, 4.69) is 28.1 Å². The van der Waals surface area contributed by atoms with Gasteiger partial charge in [-0.2, -0.15) is 0 Å². The minimum atomic E-state index is -0.592. The molecule has 0 aliphatic carbocycles. The van der Waals surface area contributed by atoms with Crippen LogP contribution in [-0.2, 0) is 17.8 Å². The molecule has 3 aromatic rings.